The summed E-state index contributed by atoms with van der Waals surface area (Å²) >= 11 is 0. The lowest BCUT2D eigenvalue weighted by atomic mass is 10.0. The number of pyridine rings is 2. The van der Waals surface area contributed by atoms with Crippen LogP contribution >= 0.6 is 0 Å². The Morgan fingerprint density at radius 1 is 1.11 bits per heavy atom. The second kappa shape index (κ2) is 9.42. The molecule has 38 heavy (non-hydrogen) atoms. The second-order valence-electron chi connectivity index (χ2n) is 10.2. The number of tetrazole rings is 1. The van der Waals surface area contributed by atoms with Crippen LogP contribution in [0.3, 0.4) is 0 Å². The largest absolute Gasteiger partial charge is 0.468 e. The number of aromatic nitrogens is 6. The number of nitrogens with zero attached hydrogens (tertiary/aromatic N) is 6. The number of nitrogens with one attached hydrogen (secondary N) is 1. The van der Waals surface area contributed by atoms with Gasteiger partial charge in [-0.05, 0) is 67.1 Å². The molecule has 0 unspecified atom stereocenters. The lowest BCUT2D eigenvalue weighted by molar-refractivity contribution is 0.171. The maximum atomic E-state index is 13.7. The molecule has 5 aromatic rings. The molecule has 0 spiro atoms. The van der Waals surface area contributed by atoms with Crippen molar-refractivity contribution in [2.75, 3.05) is 6.79 Å². The van der Waals surface area contributed by atoms with Crippen molar-refractivity contribution in [2.24, 2.45) is 0 Å². The minimum Gasteiger partial charge on any atom is -0.468 e. The number of benzene rings is 1. The summed E-state index contributed by atoms with van der Waals surface area (Å²) < 4.78 is 18.6. The van der Waals surface area contributed by atoms with E-state index >= 15 is 0 Å². The molecule has 1 atom stereocenters. The highest BCUT2D eigenvalue weighted by Gasteiger charge is 2.34. The number of fused-ring (bicyclic) bond motifs is 2. The molecule has 0 saturated carbocycles. The Hall–Kier alpha value is -4.51. The Labute approximate surface area is 218 Å². The molecular formula is C27H27N7O4. The molecule has 11 nitrogen and oxygen atoms in total. The van der Waals surface area contributed by atoms with E-state index in [-0.39, 0.29) is 12.4 Å². The normalized spacial score (nSPS) is 13.9. The third-order valence-electron chi connectivity index (χ3n) is 6.45. The van der Waals surface area contributed by atoms with Gasteiger partial charge in [-0.1, -0.05) is 6.07 Å². The molecule has 0 bridgehead atoms. The van der Waals surface area contributed by atoms with Crippen molar-refractivity contribution in [3.05, 3.63) is 94.2 Å². The molecule has 0 amide bonds. The maximum Gasteiger partial charge on any atom is 0.253 e. The molecule has 1 aliphatic heterocycles. The van der Waals surface area contributed by atoms with Crippen molar-refractivity contribution >= 4 is 10.9 Å². The Balaban J connectivity index is 1.55. The van der Waals surface area contributed by atoms with E-state index in [9.17, 15) is 4.79 Å². The smallest absolute Gasteiger partial charge is 0.253 e. The van der Waals surface area contributed by atoms with Crippen molar-refractivity contribution in [3.63, 3.8) is 0 Å². The van der Waals surface area contributed by atoms with Crippen molar-refractivity contribution in [2.45, 2.75) is 45.4 Å². The number of ether oxygens (including phenoxy) is 2. The van der Waals surface area contributed by atoms with Gasteiger partial charge in [0.25, 0.3) is 5.56 Å². The molecule has 0 fully saturated rings. The van der Waals surface area contributed by atoms with Crippen LogP contribution in [0.5, 0.6) is 11.5 Å². The van der Waals surface area contributed by atoms with Crippen LogP contribution in [0.1, 0.15) is 49.5 Å². The third kappa shape index (κ3) is 4.52. The maximum absolute atomic E-state index is 13.7. The fraction of sp³-hybridized carbons (Fsp3) is 0.296. The molecule has 1 N–H and O–H groups in total. The van der Waals surface area contributed by atoms with E-state index in [2.05, 4.69) is 30.4 Å². The summed E-state index contributed by atoms with van der Waals surface area (Å²) in [4.78, 5) is 23.2. The van der Waals surface area contributed by atoms with Gasteiger partial charge in [-0.25, -0.2) is 4.68 Å². The molecule has 0 aliphatic carbocycles. The SMILES string of the molecule is CC(C)(C)n1nnnc1[C@@H](c1cc2cc3c(cc2[nH]c1=O)OCO3)N(Cc1cccnc1)Cc1ccco1. The van der Waals surface area contributed by atoms with Gasteiger partial charge in [0.05, 0.1) is 23.9 Å². The van der Waals surface area contributed by atoms with Crippen LogP contribution < -0.4 is 15.0 Å². The first-order chi connectivity index (χ1) is 18.4. The van der Waals surface area contributed by atoms with Gasteiger partial charge in [-0.15, -0.1) is 5.10 Å². The monoisotopic (exact) mass is 513 g/mol. The molecule has 6 rings (SSSR count). The summed E-state index contributed by atoms with van der Waals surface area (Å²) in [6.07, 6.45) is 5.18. The van der Waals surface area contributed by atoms with Crippen molar-refractivity contribution < 1.29 is 13.9 Å². The van der Waals surface area contributed by atoms with Gasteiger partial charge in [-0.3, -0.25) is 14.7 Å². The van der Waals surface area contributed by atoms with E-state index in [0.717, 1.165) is 16.7 Å². The lowest BCUT2D eigenvalue weighted by Crippen LogP contribution is -2.37. The first-order valence-electron chi connectivity index (χ1n) is 12.3. The van der Waals surface area contributed by atoms with E-state index in [1.54, 1.807) is 23.2 Å². The Kier molecular flexibility index (Phi) is 5.91. The topological polar surface area (TPSA) is 124 Å². The predicted molar refractivity (Wildman–Crippen MR) is 138 cm³/mol. The summed E-state index contributed by atoms with van der Waals surface area (Å²) in [7, 11) is 0. The van der Waals surface area contributed by atoms with Crippen LogP contribution in [0.15, 0.2) is 70.3 Å². The number of furan rings is 1. The van der Waals surface area contributed by atoms with Gasteiger partial charge < -0.3 is 18.9 Å². The van der Waals surface area contributed by atoms with Crippen LogP contribution in [-0.4, -0.2) is 41.9 Å². The Bertz CT molecular complexity index is 1620. The third-order valence-corrected chi connectivity index (χ3v) is 6.45. The molecular weight excluding hydrogens is 486 g/mol. The van der Waals surface area contributed by atoms with Gasteiger partial charge in [-0.2, -0.15) is 0 Å². The zero-order chi connectivity index (χ0) is 26.3. The van der Waals surface area contributed by atoms with Gasteiger partial charge in [0.2, 0.25) is 6.79 Å². The number of rotatable bonds is 7. The Morgan fingerprint density at radius 3 is 2.68 bits per heavy atom. The van der Waals surface area contributed by atoms with Crippen molar-refractivity contribution in [1.29, 1.82) is 0 Å². The quantitative estimate of drug-likeness (QED) is 0.346. The average molecular weight is 514 g/mol. The fourth-order valence-electron chi connectivity index (χ4n) is 4.72. The van der Waals surface area contributed by atoms with Gasteiger partial charge >= 0.3 is 0 Å². The lowest BCUT2D eigenvalue weighted by Gasteiger charge is -2.32. The first kappa shape index (κ1) is 23.9. The van der Waals surface area contributed by atoms with Crippen LogP contribution in [0.25, 0.3) is 10.9 Å². The highest BCUT2D eigenvalue weighted by molar-refractivity contribution is 5.83. The van der Waals surface area contributed by atoms with Crippen LogP contribution in [0.2, 0.25) is 0 Å². The zero-order valence-electron chi connectivity index (χ0n) is 21.3. The van der Waals surface area contributed by atoms with Crippen LogP contribution in [0.4, 0.5) is 0 Å². The Morgan fingerprint density at radius 2 is 1.95 bits per heavy atom. The number of H-pyrrole nitrogens is 1. The van der Waals surface area contributed by atoms with E-state index in [1.807, 2.05) is 63.4 Å². The van der Waals surface area contributed by atoms with Gasteiger partial charge in [0.15, 0.2) is 17.3 Å². The standard InChI is InChI=1S/C27H27N7O4/c1-27(2,3)34-25(30-31-32-34)24(33(15-19-7-5-9-36-19)14-17-6-4-8-28-13-17)20-10-18-11-22-23(38-16-37-22)12-21(18)29-26(20)35/h4-13,24H,14-16H2,1-3H3,(H,29,35)/t24-/m1/s1. The van der Waals surface area contributed by atoms with E-state index in [1.165, 1.54) is 0 Å². The summed E-state index contributed by atoms with van der Waals surface area (Å²) in [5, 5.41) is 13.6. The average Bonchev–Trinajstić information content (AvgIpc) is 3.66. The van der Waals surface area contributed by atoms with Gasteiger partial charge in [0, 0.05) is 36.0 Å². The molecule has 4 aromatic heterocycles. The summed E-state index contributed by atoms with van der Waals surface area (Å²) in [5.41, 5.74) is 1.44. The van der Waals surface area contributed by atoms with E-state index in [0.29, 0.717) is 41.5 Å². The van der Waals surface area contributed by atoms with E-state index < -0.39 is 11.6 Å². The fourth-order valence-corrected chi connectivity index (χ4v) is 4.72. The molecule has 5 heterocycles. The highest BCUT2D eigenvalue weighted by Crippen LogP contribution is 2.37. The number of aromatic amines is 1. The van der Waals surface area contributed by atoms with Crippen LogP contribution in [0, 0.1) is 0 Å². The highest BCUT2D eigenvalue weighted by atomic mass is 16.7. The minimum atomic E-state index is -0.617. The molecule has 0 radical (unpaired) electrons. The molecule has 0 saturated heterocycles. The number of hydrogen-bond acceptors (Lipinski definition) is 9. The second-order valence-corrected chi connectivity index (χ2v) is 10.2. The first-order valence-corrected chi connectivity index (χ1v) is 12.3. The van der Waals surface area contributed by atoms with Gasteiger partial charge in [0.1, 0.15) is 11.8 Å². The van der Waals surface area contributed by atoms with Crippen molar-refractivity contribution in [3.8, 4) is 11.5 Å². The molecule has 1 aromatic carbocycles. The minimum absolute atomic E-state index is 0.147. The van der Waals surface area contributed by atoms with E-state index in [4.69, 9.17) is 13.9 Å². The predicted octanol–water partition coefficient (Wildman–Crippen LogP) is 3.78. The summed E-state index contributed by atoms with van der Waals surface area (Å²) in [6, 6.07) is 12.6. The summed E-state index contributed by atoms with van der Waals surface area (Å²) in [5.74, 6) is 2.52. The number of hydrogen-bond donors (Lipinski definition) is 1. The van der Waals surface area contributed by atoms with Crippen molar-refractivity contribution in [1.82, 2.24) is 35.1 Å². The summed E-state index contributed by atoms with van der Waals surface area (Å²) in [6.45, 7) is 7.08. The molecule has 1 aliphatic rings. The van der Waals surface area contributed by atoms with Crippen LogP contribution in [-0.2, 0) is 18.6 Å². The molecule has 11 heteroatoms. The zero-order valence-corrected chi connectivity index (χ0v) is 21.3. The molecule has 194 valence electrons.